The average Bonchev–Trinajstić information content (AvgIpc) is 3.05. The molecule has 154 valence electrons. The maximum Gasteiger partial charge on any atom is 0.226 e. The van der Waals surface area contributed by atoms with Crippen LogP contribution in [-0.2, 0) is 16.0 Å². The summed E-state index contributed by atoms with van der Waals surface area (Å²) < 4.78 is 5.37. The molecule has 0 bridgehead atoms. The zero-order valence-electron chi connectivity index (χ0n) is 15.9. The van der Waals surface area contributed by atoms with Crippen molar-refractivity contribution in [3.63, 3.8) is 0 Å². The third-order valence-electron chi connectivity index (χ3n) is 3.40. The highest BCUT2D eigenvalue weighted by atomic mass is 35.5. The molecule has 0 radical (unpaired) electrons. The number of hydrogen-bond acceptors (Lipinski definition) is 7. The van der Waals surface area contributed by atoms with Gasteiger partial charge < -0.3 is 21.1 Å². The molecule has 28 heavy (non-hydrogen) atoms. The van der Waals surface area contributed by atoms with E-state index in [4.69, 9.17) is 10.5 Å². The van der Waals surface area contributed by atoms with Crippen molar-refractivity contribution in [2.45, 2.75) is 33.1 Å². The Labute approximate surface area is 174 Å². The summed E-state index contributed by atoms with van der Waals surface area (Å²) in [7, 11) is 0. The quantitative estimate of drug-likeness (QED) is 0.536. The fourth-order valence-electron chi connectivity index (χ4n) is 2.18. The van der Waals surface area contributed by atoms with Crippen molar-refractivity contribution in [3.05, 3.63) is 29.3 Å². The number of hydrogen-bond donors (Lipinski definition) is 3. The van der Waals surface area contributed by atoms with Gasteiger partial charge in [0.05, 0.1) is 0 Å². The number of anilines is 2. The van der Waals surface area contributed by atoms with Crippen LogP contribution in [0.4, 0.5) is 10.8 Å². The van der Waals surface area contributed by atoms with Crippen LogP contribution in [0.2, 0.25) is 0 Å². The van der Waals surface area contributed by atoms with Gasteiger partial charge in [0.25, 0.3) is 0 Å². The summed E-state index contributed by atoms with van der Waals surface area (Å²) in [6.45, 7) is 5.07. The number of nitrogens with two attached hydrogens (primary N) is 1. The second-order valence-corrected chi connectivity index (χ2v) is 7.42. The first-order valence-electron chi connectivity index (χ1n) is 8.81. The first-order chi connectivity index (χ1) is 13.0. The number of carbonyl (C=O) groups is 2. The van der Waals surface area contributed by atoms with Gasteiger partial charge in [-0.3, -0.25) is 9.59 Å². The zero-order valence-corrected chi connectivity index (χ0v) is 17.6. The summed E-state index contributed by atoms with van der Waals surface area (Å²) in [5.41, 5.74) is 6.02. The van der Waals surface area contributed by atoms with Crippen LogP contribution >= 0.6 is 23.7 Å². The molecule has 0 fully saturated rings. The molecule has 1 heterocycles. The Bertz CT molecular complexity index is 752. The molecule has 2 aromatic rings. The molecule has 0 aliphatic rings. The highest BCUT2D eigenvalue weighted by molar-refractivity contribution is 7.15. The van der Waals surface area contributed by atoms with Crippen molar-refractivity contribution >= 4 is 46.4 Å². The van der Waals surface area contributed by atoms with Gasteiger partial charge in [-0.15, -0.1) is 22.6 Å². The minimum Gasteiger partial charge on any atom is -0.492 e. The van der Waals surface area contributed by atoms with Gasteiger partial charge in [0, 0.05) is 31.5 Å². The van der Waals surface area contributed by atoms with E-state index < -0.39 is 0 Å². The van der Waals surface area contributed by atoms with Crippen LogP contribution in [-0.4, -0.2) is 35.2 Å². The Kier molecular flexibility index (Phi) is 10.4. The predicted octanol–water partition coefficient (Wildman–Crippen LogP) is 2.85. The first kappa shape index (κ1) is 23.8. The van der Waals surface area contributed by atoms with Crippen LogP contribution in [0.1, 0.15) is 31.7 Å². The Morgan fingerprint density at radius 3 is 2.36 bits per heavy atom. The maximum atomic E-state index is 12.0. The Morgan fingerprint density at radius 2 is 1.75 bits per heavy atom. The monoisotopic (exact) mass is 427 g/mol. The Balaban J connectivity index is 0.00000392. The van der Waals surface area contributed by atoms with Crippen LogP contribution < -0.4 is 21.1 Å². The highest BCUT2D eigenvalue weighted by Crippen LogP contribution is 2.19. The number of amides is 2. The largest absolute Gasteiger partial charge is 0.492 e. The minimum absolute atomic E-state index is 0. The molecule has 0 aliphatic heterocycles. The molecule has 10 heteroatoms. The summed E-state index contributed by atoms with van der Waals surface area (Å²) in [5, 5.41) is 14.8. The van der Waals surface area contributed by atoms with Gasteiger partial charge in [-0.05, 0) is 30.2 Å². The molecule has 0 spiro atoms. The first-order valence-corrected chi connectivity index (χ1v) is 9.63. The molecular formula is C18H26ClN5O3S. The second-order valence-electron chi connectivity index (χ2n) is 6.36. The molecule has 4 N–H and O–H groups in total. The van der Waals surface area contributed by atoms with Crippen LogP contribution in [0.25, 0.3) is 0 Å². The molecule has 8 nitrogen and oxygen atoms in total. The van der Waals surface area contributed by atoms with E-state index in [1.54, 1.807) is 24.3 Å². The van der Waals surface area contributed by atoms with E-state index in [1.165, 1.54) is 11.3 Å². The highest BCUT2D eigenvalue weighted by Gasteiger charge is 2.11. The number of halogens is 1. The van der Waals surface area contributed by atoms with Crippen molar-refractivity contribution in [1.29, 1.82) is 0 Å². The molecule has 2 amide bonds. The van der Waals surface area contributed by atoms with Gasteiger partial charge in [0.2, 0.25) is 16.9 Å². The van der Waals surface area contributed by atoms with E-state index in [0.29, 0.717) is 35.6 Å². The molecule has 0 saturated carbocycles. The van der Waals surface area contributed by atoms with Crippen LogP contribution in [0.5, 0.6) is 5.75 Å². The third-order valence-corrected chi connectivity index (χ3v) is 4.26. The van der Waals surface area contributed by atoms with E-state index in [1.807, 2.05) is 0 Å². The summed E-state index contributed by atoms with van der Waals surface area (Å²) >= 11 is 1.36. The van der Waals surface area contributed by atoms with Gasteiger partial charge in [-0.1, -0.05) is 25.2 Å². The van der Waals surface area contributed by atoms with Crippen molar-refractivity contribution < 1.29 is 14.3 Å². The van der Waals surface area contributed by atoms with Gasteiger partial charge in [-0.2, -0.15) is 0 Å². The summed E-state index contributed by atoms with van der Waals surface area (Å²) in [6.07, 6.45) is 0.976. The van der Waals surface area contributed by atoms with E-state index in [9.17, 15) is 9.59 Å². The Hall–Kier alpha value is -2.23. The van der Waals surface area contributed by atoms with Gasteiger partial charge in [0.1, 0.15) is 17.4 Å². The van der Waals surface area contributed by atoms with E-state index in [2.05, 4.69) is 34.7 Å². The molecule has 0 aliphatic carbocycles. The third kappa shape index (κ3) is 8.64. The molecule has 0 saturated heterocycles. The van der Waals surface area contributed by atoms with Crippen molar-refractivity contribution in [2.24, 2.45) is 11.7 Å². The molecule has 2 rings (SSSR count). The topological polar surface area (TPSA) is 119 Å². The molecule has 0 unspecified atom stereocenters. The van der Waals surface area contributed by atoms with Gasteiger partial charge >= 0.3 is 0 Å². The Morgan fingerprint density at radius 1 is 1.11 bits per heavy atom. The average molecular weight is 428 g/mol. The predicted molar refractivity (Wildman–Crippen MR) is 113 cm³/mol. The number of ether oxygens (including phenoxy) is 1. The summed E-state index contributed by atoms with van der Waals surface area (Å²) in [6, 6.07) is 6.98. The number of aromatic nitrogens is 2. The maximum absolute atomic E-state index is 12.0. The number of carbonyl (C=O) groups excluding carboxylic acids is 2. The summed E-state index contributed by atoms with van der Waals surface area (Å²) in [5.74, 6) is 0.666. The minimum atomic E-state index is -0.261. The fraction of sp³-hybridized carbons (Fsp3) is 0.444. The number of nitrogens with zero attached hydrogens (tertiary/aromatic N) is 2. The van der Waals surface area contributed by atoms with Gasteiger partial charge in [0.15, 0.2) is 0 Å². The molecule has 1 aromatic carbocycles. The van der Waals surface area contributed by atoms with Crippen LogP contribution in [0, 0.1) is 5.92 Å². The normalized spacial score (nSPS) is 10.3. The summed E-state index contributed by atoms with van der Waals surface area (Å²) in [4.78, 5) is 24.0. The lowest BCUT2D eigenvalue weighted by Gasteiger charge is -2.07. The molecular weight excluding hydrogens is 402 g/mol. The van der Waals surface area contributed by atoms with Crippen molar-refractivity contribution in [2.75, 3.05) is 23.8 Å². The molecule has 1 aromatic heterocycles. The standard InChI is InChI=1S/C18H25N5O3S.ClH/c1-12(2)11-17-22-23-18(27-17)21-16(25)8-7-15(24)20-13-3-5-14(6-4-13)26-10-9-19;/h3-6,12H,7-11,19H2,1-2H3,(H,20,24)(H,21,23,25);1H. The van der Waals surface area contributed by atoms with Gasteiger partial charge in [-0.25, -0.2) is 0 Å². The lowest BCUT2D eigenvalue weighted by atomic mass is 10.1. The van der Waals surface area contributed by atoms with Crippen molar-refractivity contribution in [3.8, 4) is 5.75 Å². The van der Waals surface area contributed by atoms with E-state index in [0.717, 1.165) is 11.4 Å². The number of benzene rings is 1. The number of nitrogens with one attached hydrogen (secondary N) is 2. The fourth-order valence-corrected chi connectivity index (χ4v) is 3.15. The van der Waals surface area contributed by atoms with Crippen LogP contribution in [0.15, 0.2) is 24.3 Å². The zero-order chi connectivity index (χ0) is 19.6. The molecule has 0 atom stereocenters. The van der Waals surface area contributed by atoms with Crippen LogP contribution in [0.3, 0.4) is 0 Å². The second kappa shape index (κ2) is 12.3. The van der Waals surface area contributed by atoms with Crippen molar-refractivity contribution in [1.82, 2.24) is 10.2 Å². The van der Waals surface area contributed by atoms with E-state index >= 15 is 0 Å². The smallest absolute Gasteiger partial charge is 0.226 e. The van der Waals surface area contributed by atoms with E-state index in [-0.39, 0.29) is 37.1 Å². The lowest BCUT2D eigenvalue weighted by Crippen LogP contribution is -2.17. The SMILES string of the molecule is CC(C)Cc1nnc(NC(=O)CCC(=O)Nc2ccc(OCCN)cc2)s1.Cl. The number of rotatable bonds is 10. The lowest BCUT2D eigenvalue weighted by molar-refractivity contribution is -0.121.